The summed E-state index contributed by atoms with van der Waals surface area (Å²) in [5.74, 6) is -0.106. The molecule has 0 aliphatic heterocycles. The number of rotatable bonds is 1. The fourth-order valence-corrected chi connectivity index (χ4v) is 0.518. The van der Waals surface area contributed by atoms with Crippen molar-refractivity contribution in [2.45, 2.75) is 12.7 Å². The van der Waals surface area contributed by atoms with Gasteiger partial charge in [-0.15, -0.1) is 0 Å². The monoisotopic (exact) mass is 117 g/mol. The Morgan fingerprint density at radius 3 is 2.67 bits per heavy atom. The molecule has 2 nitrogen and oxygen atoms in total. The maximum atomic E-state index is 5.45. The standard InChI is InChI=1S/C5H5B2NO/c1-3(6)4-2-5(7)9-8-4/h2-3H,1H3/t3-/m1/s1. The summed E-state index contributed by atoms with van der Waals surface area (Å²) in [7, 11) is 10.7. The lowest BCUT2D eigenvalue weighted by molar-refractivity contribution is 0.436. The Morgan fingerprint density at radius 1 is 1.78 bits per heavy atom. The minimum absolute atomic E-state index is 0.106. The second-order valence-corrected chi connectivity index (χ2v) is 1.94. The van der Waals surface area contributed by atoms with Gasteiger partial charge in [0.1, 0.15) is 0 Å². The first kappa shape index (κ1) is 6.46. The quantitative estimate of drug-likeness (QED) is 0.471. The second-order valence-electron chi connectivity index (χ2n) is 1.94. The molecule has 1 atom stereocenters. The molecule has 0 saturated heterocycles. The van der Waals surface area contributed by atoms with E-state index in [4.69, 9.17) is 15.7 Å². The average Bonchev–Trinajstić information content (AvgIpc) is 2.14. The van der Waals surface area contributed by atoms with Gasteiger partial charge < -0.3 is 4.52 Å². The van der Waals surface area contributed by atoms with Crippen molar-refractivity contribution in [3.8, 4) is 0 Å². The van der Waals surface area contributed by atoms with Crippen LogP contribution in [0.4, 0.5) is 0 Å². The third-order valence-corrected chi connectivity index (χ3v) is 1.01. The minimum atomic E-state index is -0.106. The van der Waals surface area contributed by atoms with Gasteiger partial charge in [-0.3, -0.25) is 0 Å². The third kappa shape index (κ3) is 1.37. The maximum absolute atomic E-state index is 5.45. The van der Waals surface area contributed by atoms with Crippen LogP contribution in [0.1, 0.15) is 18.4 Å². The molecule has 0 aliphatic rings. The van der Waals surface area contributed by atoms with Gasteiger partial charge in [0.15, 0.2) is 7.85 Å². The van der Waals surface area contributed by atoms with Crippen LogP contribution in [-0.2, 0) is 0 Å². The molecule has 4 heteroatoms. The van der Waals surface area contributed by atoms with E-state index in [1.165, 1.54) is 0 Å². The number of hydrogen-bond acceptors (Lipinski definition) is 2. The summed E-state index contributed by atoms with van der Waals surface area (Å²) in [5, 5.41) is 3.59. The Labute approximate surface area is 56.4 Å². The van der Waals surface area contributed by atoms with Crippen molar-refractivity contribution >= 4 is 21.4 Å². The van der Waals surface area contributed by atoms with Crippen molar-refractivity contribution < 1.29 is 4.52 Å². The molecule has 0 amide bonds. The van der Waals surface area contributed by atoms with Crippen molar-refractivity contribution in [2.24, 2.45) is 0 Å². The van der Waals surface area contributed by atoms with Gasteiger partial charge in [0.05, 0.1) is 19.2 Å². The first-order valence-electron chi connectivity index (χ1n) is 2.68. The van der Waals surface area contributed by atoms with Crippen molar-refractivity contribution in [3.63, 3.8) is 0 Å². The molecule has 9 heavy (non-hydrogen) atoms. The number of aromatic nitrogens is 1. The molecule has 1 aromatic heterocycles. The number of hydrogen-bond donors (Lipinski definition) is 0. The Kier molecular flexibility index (Phi) is 1.65. The zero-order valence-corrected chi connectivity index (χ0v) is 5.16. The van der Waals surface area contributed by atoms with Crippen LogP contribution in [-0.4, -0.2) is 20.8 Å². The van der Waals surface area contributed by atoms with E-state index < -0.39 is 0 Å². The highest BCUT2D eigenvalue weighted by Crippen LogP contribution is 2.04. The van der Waals surface area contributed by atoms with E-state index in [2.05, 4.69) is 9.68 Å². The highest BCUT2D eigenvalue weighted by atomic mass is 16.5. The molecular weight excluding hydrogens is 112 g/mol. The van der Waals surface area contributed by atoms with Crippen LogP contribution in [0.25, 0.3) is 0 Å². The third-order valence-electron chi connectivity index (χ3n) is 1.01. The van der Waals surface area contributed by atoms with Crippen LogP contribution in [0.3, 0.4) is 0 Å². The van der Waals surface area contributed by atoms with Gasteiger partial charge in [-0.25, -0.2) is 0 Å². The SMILES string of the molecule is [B]c1cc([C@H]([B])C)no1. The van der Waals surface area contributed by atoms with E-state index in [-0.39, 0.29) is 5.82 Å². The Balaban J connectivity index is 2.85. The molecule has 0 fully saturated rings. The Morgan fingerprint density at radius 2 is 2.44 bits per heavy atom. The summed E-state index contributed by atoms with van der Waals surface area (Å²) >= 11 is 0. The molecule has 0 saturated carbocycles. The summed E-state index contributed by atoms with van der Waals surface area (Å²) in [4.78, 5) is 0. The highest BCUT2D eigenvalue weighted by molar-refractivity contribution is 6.29. The zero-order valence-electron chi connectivity index (χ0n) is 5.16. The van der Waals surface area contributed by atoms with E-state index in [0.29, 0.717) is 11.4 Å². The lowest BCUT2D eigenvalue weighted by Crippen LogP contribution is -1.95. The van der Waals surface area contributed by atoms with E-state index >= 15 is 0 Å². The fraction of sp³-hybridized carbons (Fsp3) is 0.400. The van der Waals surface area contributed by atoms with Crippen molar-refractivity contribution in [3.05, 3.63) is 11.8 Å². The fourth-order valence-electron chi connectivity index (χ4n) is 0.518. The molecule has 0 aromatic carbocycles. The summed E-state index contributed by atoms with van der Waals surface area (Å²) in [5.41, 5.74) is 0.995. The van der Waals surface area contributed by atoms with Gasteiger partial charge in [-0.05, 0) is 11.9 Å². The molecule has 0 bridgehead atoms. The van der Waals surface area contributed by atoms with Crippen molar-refractivity contribution in [2.75, 3.05) is 0 Å². The topological polar surface area (TPSA) is 26.0 Å². The first-order valence-corrected chi connectivity index (χ1v) is 2.68. The van der Waals surface area contributed by atoms with Crippen LogP contribution in [0.5, 0.6) is 0 Å². The van der Waals surface area contributed by atoms with Crippen molar-refractivity contribution in [1.82, 2.24) is 5.16 Å². The Bertz CT molecular complexity index is 197. The van der Waals surface area contributed by atoms with E-state index in [9.17, 15) is 0 Å². The van der Waals surface area contributed by atoms with Crippen LogP contribution < -0.4 is 5.66 Å². The van der Waals surface area contributed by atoms with Gasteiger partial charge in [-0.2, -0.15) is 0 Å². The smallest absolute Gasteiger partial charge is 0.171 e. The van der Waals surface area contributed by atoms with Gasteiger partial charge in [-0.1, -0.05) is 12.1 Å². The lowest BCUT2D eigenvalue weighted by Gasteiger charge is -1.93. The molecule has 1 rings (SSSR count). The molecule has 0 aliphatic carbocycles. The average molecular weight is 117 g/mol. The molecule has 1 aromatic rings. The van der Waals surface area contributed by atoms with Gasteiger partial charge in [0.25, 0.3) is 0 Å². The van der Waals surface area contributed by atoms with Gasteiger partial charge >= 0.3 is 0 Å². The predicted octanol–water partition coefficient (Wildman–Crippen LogP) is -0.302. The largest absolute Gasteiger partial charge is 0.373 e. The van der Waals surface area contributed by atoms with E-state index in [0.717, 1.165) is 0 Å². The van der Waals surface area contributed by atoms with Gasteiger partial charge in [0.2, 0.25) is 0 Å². The normalized spacial score (nSPS) is 13.4. The Hall–Kier alpha value is -0.660. The molecule has 1 heterocycles. The summed E-state index contributed by atoms with van der Waals surface area (Å²) in [6.45, 7) is 1.82. The molecular formula is C5H5B2NO. The van der Waals surface area contributed by atoms with Crippen LogP contribution in [0.2, 0.25) is 0 Å². The molecule has 42 valence electrons. The minimum Gasteiger partial charge on any atom is -0.373 e. The summed E-state index contributed by atoms with van der Waals surface area (Å²) in [6.07, 6.45) is 0. The van der Waals surface area contributed by atoms with Crippen LogP contribution in [0.15, 0.2) is 10.6 Å². The molecule has 0 N–H and O–H groups in total. The highest BCUT2D eigenvalue weighted by Gasteiger charge is 2.02. The molecule has 0 unspecified atom stereocenters. The number of nitrogens with zero attached hydrogens (tertiary/aromatic N) is 1. The second kappa shape index (κ2) is 2.29. The summed E-state index contributed by atoms with van der Waals surface area (Å²) in [6, 6.07) is 1.62. The zero-order chi connectivity index (χ0) is 6.85. The predicted molar refractivity (Wildman–Crippen MR) is 36.1 cm³/mol. The molecule has 0 spiro atoms. The maximum Gasteiger partial charge on any atom is 0.171 e. The summed E-state index contributed by atoms with van der Waals surface area (Å²) < 4.78 is 4.57. The lowest BCUT2D eigenvalue weighted by atomic mass is 9.86. The van der Waals surface area contributed by atoms with Crippen LogP contribution in [0, 0.1) is 0 Å². The van der Waals surface area contributed by atoms with Crippen LogP contribution >= 0.6 is 0 Å². The van der Waals surface area contributed by atoms with E-state index in [1.54, 1.807) is 6.07 Å². The van der Waals surface area contributed by atoms with E-state index in [1.807, 2.05) is 6.92 Å². The van der Waals surface area contributed by atoms with Gasteiger partial charge in [0, 0.05) is 0 Å². The first-order chi connectivity index (χ1) is 4.20. The van der Waals surface area contributed by atoms with Crippen molar-refractivity contribution in [1.29, 1.82) is 0 Å². The molecule has 4 radical (unpaired) electrons.